The monoisotopic (exact) mass is 513 g/mol. The maximum atomic E-state index is 13.2. The minimum Gasteiger partial charge on any atom is -0.442 e. The minimum absolute atomic E-state index is 0.464. The number of benzene rings is 6. The fourth-order valence-corrected chi connectivity index (χ4v) is 5.03. The minimum atomic E-state index is -0.617. The number of para-hydroxylation sites is 1. The van der Waals surface area contributed by atoms with Crippen molar-refractivity contribution in [2.24, 2.45) is 0 Å². The molecule has 194 valence electrons. The number of rotatable bonds is 6. The maximum absolute atomic E-state index is 13.2. The van der Waals surface area contributed by atoms with E-state index in [0.717, 1.165) is 28.7 Å². The Morgan fingerprint density at radius 1 is 0.692 bits per heavy atom. The van der Waals surface area contributed by atoms with Gasteiger partial charge in [-0.15, -0.1) is 0 Å². The fraction of sp³-hybridized carbons (Fsp3) is 0.147. The predicted octanol–water partition coefficient (Wildman–Crippen LogP) is 8.96. The van der Waals surface area contributed by atoms with Crippen LogP contribution < -0.4 is 15.8 Å². The SMILES string of the molecule is CC(C)(C)OC(=O)N(Nc1cc2ccc3cc(NCc4ccccc4)cc4ccc(c1)c2c34)c1ccccc1. The summed E-state index contributed by atoms with van der Waals surface area (Å²) in [4.78, 5) is 13.2. The van der Waals surface area contributed by atoms with Crippen molar-refractivity contribution < 1.29 is 9.53 Å². The Bertz CT molecular complexity index is 1690. The third-order valence-electron chi connectivity index (χ3n) is 6.70. The molecule has 6 aromatic carbocycles. The number of anilines is 3. The Morgan fingerprint density at radius 3 is 1.69 bits per heavy atom. The highest BCUT2D eigenvalue weighted by atomic mass is 16.6. The van der Waals surface area contributed by atoms with Gasteiger partial charge in [0, 0.05) is 12.2 Å². The van der Waals surface area contributed by atoms with Gasteiger partial charge in [-0.05, 0) is 95.1 Å². The molecule has 6 aromatic rings. The van der Waals surface area contributed by atoms with Crippen LogP contribution in [0.25, 0.3) is 32.3 Å². The van der Waals surface area contributed by atoms with Crippen molar-refractivity contribution in [1.82, 2.24) is 0 Å². The van der Waals surface area contributed by atoms with Crippen molar-refractivity contribution in [3.63, 3.8) is 0 Å². The second-order valence-corrected chi connectivity index (χ2v) is 10.8. The van der Waals surface area contributed by atoms with Crippen LogP contribution in [0.15, 0.2) is 109 Å². The van der Waals surface area contributed by atoms with E-state index in [1.54, 1.807) is 0 Å². The summed E-state index contributed by atoms with van der Waals surface area (Å²) < 4.78 is 5.70. The average Bonchev–Trinajstić information content (AvgIpc) is 2.93. The summed E-state index contributed by atoms with van der Waals surface area (Å²) in [6.07, 6.45) is -0.464. The molecule has 0 saturated heterocycles. The lowest BCUT2D eigenvalue weighted by Gasteiger charge is -2.28. The van der Waals surface area contributed by atoms with Gasteiger partial charge < -0.3 is 10.1 Å². The number of hydrogen-bond acceptors (Lipinski definition) is 4. The highest BCUT2D eigenvalue weighted by Crippen LogP contribution is 2.38. The number of hydrogen-bond donors (Lipinski definition) is 2. The maximum Gasteiger partial charge on any atom is 0.433 e. The van der Waals surface area contributed by atoms with Crippen molar-refractivity contribution in [3.8, 4) is 0 Å². The third kappa shape index (κ3) is 5.16. The summed E-state index contributed by atoms with van der Waals surface area (Å²) >= 11 is 0. The first kappa shape index (κ1) is 24.6. The van der Waals surface area contributed by atoms with E-state index in [2.05, 4.69) is 83.5 Å². The average molecular weight is 514 g/mol. The van der Waals surface area contributed by atoms with E-state index in [1.807, 2.05) is 57.2 Å². The molecule has 1 amide bonds. The smallest absolute Gasteiger partial charge is 0.433 e. The molecule has 0 saturated carbocycles. The van der Waals surface area contributed by atoms with Crippen molar-refractivity contribution in [3.05, 3.63) is 115 Å². The van der Waals surface area contributed by atoms with E-state index in [1.165, 1.54) is 32.1 Å². The van der Waals surface area contributed by atoms with E-state index >= 15 is 0 Å². The third-order valence-corrected chi connectivity index (χ3v) is 6.70. The molecule has 0 heterocycles. The van der Waals surface area contributed by atoms with Gasteiger partial charge in [-0.25, -0.2) is 4.79 Å². The molecule has 2 N–H and O–H groups in total. The van der Waals surface area contributed by atoms with Gasteiger partial charge in [0.1, 0.15) is 5.60 Å². The first-order chi connectivity index (χ1) is 18.8. The summed E-state index contributed by atoms with van der Waals surface area (Å²) in [5.41, 5.74) is 6.55. The Morgan fingerprint density at radius 2 is 1.18 bits per heavy atom. The zero-order chi connectivity index (χ0) is 27.0. The van der Waals surface area contributed by atoms with Crippen LogP contribution in [0, 0.1) is 0 Å². The van der Waals surface area contributed by atoms with Crippen molar-refractivity contribution in [2.75, 3.05) is 15.8 Å². The van der Waals surface area contributed by atoms with Crippen LogP contribution in [0.1, 0.15) is 26.3 Å². The Kier molecular flexibility index (Phi) is 6.20. The summed E-state index contributed by atoms with van der Waals surface area (Å²) in [6, 6.07) is 37.2. The lowest BCUT2D eigenvalue weighted by Crippen LogP contribution is -2.40. The summed E-state index contributed by atoms with van der Waals surface area (Å²) in [5.74, 6) is 0. The van der Waals surface area contributed by atoms with Crippen LogP contribution in [0.4, 0.5) is 21.9 Å². The lowest BCUT2D eigenvalue weighted by molar-refractivity contribution is 0.0589. The number of nitrogens with one attached hydrogen (secondary N) is 2. The molecule has 5 nitrogen and oxygen atoms in total. The molecular weight excluding hydrogens is 482 g/mol. The van der Waals surface area contributed by atoms with Crippen LogP contribution in [-0.4, -0.2) is 11.7 Å². The molecule has 0 aliphatic rings. The summed E-state index contributed by atoms with van der Waals surface area (Å²) in [7, 11) is 0. The Balaban J connectivity index is 1.35. The zero-order valence-electron chi connectivity index (χ0n) is 22.4. The molecule has 0 radical (unpaired) electrons. The normalized spacial score (nSPS) is 11.7. The van der Waals surface area contributed by atoms with Crippen LogP contribution >= 0.6 is 0 Å². The predicted molar refractivity (Wildman–Crippen MR) is 163 cm³/mol. The van der Waals surface area contributed by atoms with Gasteiger partial charge in [0.05, 0.1) is 11.4 Å². The molecule has 0 fully saturated rings. The van der Waals surface area contributed by atoms with Gasteiger partial charge in [0.25, 0.3) is 0 Å². The molecule has 39 heavy (non-hydrogen) atoms. The Hall–Kier alpha value is -4.77. The van der Waals surface area contributed by atoms with Crippen molar-refractivity contribution >= 4 is 55.5 Å². The van der Waals surface area contributed by atoms with Gasteiger partial charge in [0.2, 0.25) is 0 Å². The van der Waals surface area contributed by atoms with E-state index in [4.69, 9.17) is 4.74 Å². The first-order valence-electron chi connectivity index (χ1n) is 13.2. The zero-order valence-corrected chi connectivity index (χ0v) is 22.4. The summed E-state index contributed by atoms with van der Waals surface area (Å²) in [5, 5.41) is 12.1. The van der Waals surface area contributed by atoms with Crippen LogP contribution in [0.3, 0.4) is 0 Å². The van der Waals surface area contributed by atoms with Crippen LogP contribution in [0.2, 0.25) is 0 Å². The molecule has 0 unspecified atom stereocenters. The highest BCUT2D eigenvalue weighted by molar-refractivity contribution is 6.24. The van der Waals surface area contributed by atoms with Crippen LogP contribution in [0.5, 0.6) is 0 Å². The number of nitrogens with zero attached hydrogens (tertiary/aromatic N) is 1. The molecule has 0 aromatic heterocycles. The number of ether oxygens (including phenoxy) is 1. The van der Waals surface area contributed by atoms with E-state index < -0.39 is 11.7 Å². The molecule has 0 aliphatic heterocycles. The van der Waals surface area contributed by atoms with Crippen LogP contribution in [-0.2, 0) is 11.3 Å². The van der Waals surface area contributed by atoms with E-state index in [9.17, 15) is 4.79 Å². The number of amides is 1. The van der Waals surface area contributed by atoms with Gasteiger partial charge >= 0.3 is 6.09 Å². The molecule has 0 aliphatic carbocycles. The lowest BCUT2D eigenvalue weighted by atomic mass is 9.93. The van der Waals surface area contributed by atoms with Crippen molar-refractivity contribution in [1.29, 1.82) is 0 Å². The molecule has 0 bridgehead atoms. The quantitative estimate of drug-likeness (QED) is 0.172. The molecule has 6 rings (SSSR count). The highest BCUT2D eigenvalue weighted by Gasteiger charge is 2.24. The number of carbonyl (C=O) groups is 1. The second-order valence-electron chi connectivity index (χ2n) is 10.8. The van der Waals surface area contributed by atoms with Gasteiger partial charge in [0.15, 0.2) is 0 Å². The number of carbonyl (C=O) groups excluding carboxylic acids is 1. The molecule has 0 spiro atoms. The topological polar surface area (TPSA) is 53.6 Å². The molecule has 0 atom stereocenters. The largest absolute Gasteiger partial charge is 0.442 e. The Labute approximate surface area is 228 Å². The number of hydrazine groups is 1. The van der Waals surface area contributed by atoms with Gasteiger partial charge in [-0.2, -0.15) is 5.01 Å². The van der Waals surface area contributed by atoms with Gasteiger partial charge in [-0.1, -0.05) is 72.8 Å². The van der Waals surface area contributed by atoms with Crippen molar-refractivity contribution in [2.45, 2.75) is 32.9 Å². The van der Waals surface area contributed by atoms with E-state index in [-0.39, 0.29) is 0 Å². The molecular formula is C34H31N3O2. The fourth-order valence-electron chi connectivity index (χ4n) is 5.03. The summed E-state index contributed by atoms with van der Waals surface area (Å²) in [6.45, 7) is 6.37. The molecule has 5 heteroatoms. The van der Waals surface area contributed by atoms with Gasteiger partial charge in [-0.3, -0.25) is 5.43 Å². The second kappa shape index (κ2) is 9.84. The van der Waals surface area contributed by atoms with E-state index in [0.29, 0.717) is 5.69 Å². The standard InChI is InChI=1S/C34H31N3O2/c1-34(2,3)39-33(38)37(30-12-8-5-9-13-30)36-29-20-26-16-14-24-18-28(35-22-23-10-6-4-7-11-23)19-25-15-17-27(21-29)32(26)31(24)25/h4-21,35-36H,22H2,1-3H3. The first-order valence-corrected chi connectivity index (χ1v) is 13.2.